The minimum atomic E-state index is -0.951. The van der Waals surface area contributed by atoms with Gasteiger partial charge in [-0.1, -0.05) is 72.3 Å². The summed E-state index contributed by atoms with van der Waals surface area (Å²) in [4.78, 5) is 36.8. The molecule has 0 spiro atoms. The van der Waals surface area contributed by atoms with Crippen molar-refractivity contribution in [2.75, 3.05) is 11.9 Å². The van der Waals surface area contributed by atoms with Crippen molar-refractivity contribution in [3.63, 3.8) is 0 Å². The van der Waals surface area contributed by atoms with Crippen LogP contribution in [0.4, 0.5) is 5.69 Å². The van der Waals surface area contributed by atoms with E-state index in [2.05, 4.69) is 10.6 Å². The summed E-state index contributed by atoms with van der Waals surface area (Å²) >= 11 is 5.99. The number of esters is 1. The lowest BCUT2D eigenvalue weighted by Crippen LogP contribution is -2.40. The van der Waals surface area contributed by atoms with Gasteiger partial charge in [-0.05, 0) is 30.7 Å². The topological polar surface area (TPSA) is 84.5 Å². The van der Waals surface area contributed by atoms with Crippen LogP contribution in [0.3, 0.4) is 0 Å². The summed E-state index contributed by atoms with van der Waals surface area (Å²) in [6, 6.07) is 22.5. The molecule has 2 amide bonds. The Morgan fingerprint density at radius 1 is 0.903 bits per heavy atom. The number of hydrogen-bond acceptors (Lipinski definition) is 4. The molecule has 1 unspecified atom stereocenters. The van der Waals surface area contributed by atoms with Crippen LogP contribution in [0, 0.1) is 0 Å². The summed E-state index contributed by atoms with van der Waals surface area (Å²) in [6.07, 6.45) is 0. The first-order valence-electron chi connectivity index (χ1n) is 9.62. The van der Waals surface area contributed by atoms with Crippen molar-refractivity contribution in [3.8, 4) is 11.1 Å². The molecule has 0 radical (unpaired) electrons. The largest absolute Gasteiger partial charge is 0.454 e. The van der Waals surface area contributed by atoms with Gasteiger partial charge in [-0.25, -0.2) is 4.79 Å². The van der Waals surface area contributed by atoms with Crippen LogP contribution in [0.25, 0.3) is 11.1 Å². The number of amides is 2. The highest BCUT2D eigenvalue weighted by Gasteiger charge is 2.20. The number of benzene rings is 3. The predicted molar refractivity (Wildman–Crippen MR) is 120 cm³/mol. The summed E-state index contributed by atoms with van der Waals surface area (Å²) in [5.74, 6) is -1.72. The number of carbonyl (C=O) groups excluding carboxylic acids is 3. The van der Waals surface area contributed by atoms with E-state index in [0.717, 1.165) is 11.1 Å². The third-order valence-corrected chi connectivity index (χ3v) is 4.78. The molecule has 158 valence electrons. The van der Waals surface area contributed by atoms with Crippen molar-refractivity contribution in [2.24, 2.45) is 0 Å². The van der Waals surface area contributed by atoms with Crippen molar-refractivity contribution >= 4 is 35.1 Å². The maximum absolute atomic E-state index is 12.3. The minimum Gasteiger partial charge on any atom is -0.454 e. The molecule has 0 aliphatic heterocycles. The SMILES string of the molecule is CC(NC(=O)c1ccccc1Cl)C(=O)OCC(=O)Nc1ccccc1-c1ccccc1. The third kappa shape index (κ3) is 5.93. The van der Waals surface area contributed by atoms with Crippen molar-refractivity contribution < 1.29 is 19.1 Å². The van der Waals surface area contributed by atoms with Crippen LogP contribution in [0.2, 0.25) is 5.02 Å². The summed E-state index contributed by atoms with van der Waals surface area (Å²) in [5.41, 5.74) is 2.66. The number of hydrogen-bond donors (Lipinski definition) is 2. The highest BCUT2D eigenvalue weighted by atomic mass is 35.5. The molecule has 0 aliphatic carbocycles. The standard InChI is InChI=1S/C24H21ClN2O4/c1-16(26-23(29)19-12-5-7-13-20(19)25)24(30)31-15-22(28)27-21-14-8-6-11-18(21)17-9-3-2-4-10-17/h2-14,16H,15H2,1H3,(H,26,29)(H,27,28). The average molecular weight is 437 g/mol. The van der Waals surface area contributed by atoms with Crippen molar-refractivity contribution in [3.05, 3.63) is 89.4 Å². The second kappa shape index (κ2) is 10.4. The van der Waals surface area contributed by atoms with Gasteiger partial charge in [-0.2, -0.15) is 0 Å². The van der Waals surface area contributed by atoms with Gasteiger partial charge in [0.25, 0.3) is 11.8 Å². The Morgan fingerprint density at radius 2 is 1.55 bits per heavy atom. The first-order chi connectivity index (χ1) is 15.0. The quantitative estimate of drug-likeness (QED) is 0.540. The lowest BCUT2D eigenvalue weighted by molar-refractivity contribution is -0.148. The summed E-state index contributed by atoms with van der Waals surface area (Å²) in [6.45, 7) is 0.994. The second-order valence-electron chi connectivity index (χ2n) is 6.74. The molecule has 3 aromatic rings. The second-order valence-corrected chi connectivity index (χ2v) is 7.15. The molecule has 0 aromatic heterocycles. The van der Waals surface area contributed by atoms with Crippen LogP contribution in [0.15, 0.2) is 78.9 Å². The Balaban J connectivity index is 1.55. The van der Waals surface area contributed by atoms with Crippen LogP contribution in [0.1, 0.15) is 17.3 Å². The number of rotatable bonds is 7. The highest BCUT2D eigenvalue weighted by Crippen LogP contribution is 2.27. The molecule has 7 heteroatoms. The van der Waals surface area contributed by atoms with Crippen molar-refractivity contribution in [1.82, 2.24) is 5.32 Å². The van der Waals surface area contributed by atoms with E-state index in [1.54, 1.807) is 36.4 Å². The van der Waals surface area contributed by atoms with Crippen LogP contribution >= 0.6 is 11.6 Å². The zero-order valence-corrected chi connectivity index (χ0v) is 17.6. The number of carbonyl (C=O) groups is 3. The molecule has 0 heterocycles. The van der Waals surface area contributed by atoms with E-state index in [0.29, 0.717) is 5.69 Å². The number of ether oxygens (including phenoxy) is 1. The van der Waals surface area contributed by atoms with Gasteiger partial charge in [0.05, 0.1) is 10.6 Å². The van der Waals surface area contributed by atoms with Crippen LogP contribution < -0.4 is 10.6 Å². The number of halogens is 1. The maximum atomic E-state index is 12.3. The average Bonchev–Trinajstić information content (AvgIpc) is 2.78. The Hall–Kier alpha value is -3.64. The predicted octanol–water partition coefficient (Wildman–Crippen LogP) is 4.31. The summed E-state index contributed by atoms with van der Waals surface area (Å²) in [5, 5.41) is 5.54. The Kier molecular flexibility index (Phi) is 7.40. The fourth-order valence-electron chi connectivity index (χ4n) is 2.89. The fraction of sp³-hybridized carbons (Fsp3) is 0.125. The molecule has 3 aromatic carbocycles. The van der Waals surface area contributed by atoms with Gasteiger partial charge >= 0.3 is 5.97 Å². The van der Waals surface area contributed by atoms with Gasteiger partial charge in [0, 0.05) is 11.3 Å². The van der Waals surface area contributed by atoms with E-state index in [-0.39, 0.29) is 10.6 Å². The van der Waals surface area contributed by atoms with Crippen molar-refractivity contribution in [2.45, 2.75) is 13.0 Å². The Morgan fingerprint density at radius 3 is 2.29 bits per heavy atom. The van der Waals surface area contributed by atoms with Crippen LogP contribution in [0.5, 0.6) is 0 Å². The van der Waals surface area contributed by atoms with E-state index in [9.17, 15) is 14.4 Å². The monoisotopic (exact) mass is 436 g/mol. The van der Waals surface area contributed by atoms with E-state index in [4.69, 9.17) is 16.3 Å². The van der Waals surface area contributed by atoms with Crippen LogP contribution in [-0.4, -0.2) is 30.4 Å². The molecule has 0 saturated heterocycles. The van der Waals surface area contributed by atoms with Crippen molar-refractivity contribution in [1.29, 1.82) is 0 Å². The number of nitrogens with one attached hydrogen (secondary N) is 2. The van der Waals surface area contributed by atoms with Gasteiger partial charge in [-0.3, -0.25) is 9.59 Å². The lowest BCUT2D eigenvalue weighted by Gasteiger charge is -2.15. The maximum Gasteiger partial charge on any atom is 0.328 e. The summed E-state index contributed by atoms with van der Waals surface area (Å²) in [7, 11) is 0. The van der Waals surface area contributed by atoms with Gasteiger partial charge in [0.15, 0.2) is 6.61 Å². The number of para-hydroxylation sites is 1. The zero-order chi connectivity index (χ0) is 22.2. The molecule has 1 atom stereocenters. The van der Waals surface area contributed by atoms with E-state index < -0.39 is 30.4 Å². The summed E-state index contributed by atoms with van der Waals surface area (Å²) < 4.78 is 5.05. The molecule has 3 rings (SSSR count). The van der Waals surface area contributed by atoms with E-state index in [1.165, 1.54) is 6.92 Å². The lowest BCUT2D eigenvalue weighted by atomic mass is 10.0. The number of anilines is 1. The molecule has 0 saturated carbocycles. The minimum absolute atomic E-state index is 0.249. The molecule has 31 heavy (non-hydrogen) atoms. The molecule has 2 N–H and O–H groups in total. The first kappa shape index (κ1) is 22.1. The Bertz CT molecular complexity index is 1090. The van der Waals surface area contributed by atoms with E-state index in [1.807, 2.05) is 42.5 Å². The zero-order valence-electron chi connectivity index (χ0n) is 16.8. The van der Waals surface area contributed by atoms with E-state index >= 15 is 0 Å². The normalized spacial score (nSPS) is 11.3. The molecular weight excluding hydrogens is 416 g/mol. The molecule has 6 nitrogen and oxygen atoms in total. The molecule has 0 fully saturated rings. The van der Waals surface area contributed by atoms with Crippen LogP contribution in [-0.2, 0) is 14.3 Å². The highest BCUT2D eigenvalue weighted by molar-refractivity contribution is 6.33. The molecule has 0 aliphatic rings. The van der Waals surface area contributed by atoms with Gasteiger partial charge in [-0.15, -0.1) is 0 Å². The molecule has 0 bridgehead atoms. The smallest absolute Gasteiger partial charge is 0.328 e. The van der Waals surface area contributed by atoms with Gasteiger partial charge < -0.3 is 15.4 Å². The first-order valence-corrected chi connectivity index (χ1v) is 10.00. The molecular formula is C24H21ClN2O4. The van der Waals surface area contributed by atoms with Gasteiger partial charge in [0.2, 0.25) is 0 Å². The van der Waals surface area contributed by atoms with Gasteiger partial charge in [0.1, 0.15) is 6.04 Å². The fourth-order valence-corrected chi connectivity index (χ4v) is 3.11. The third-order valence-electron chi connectivity index (χ3n) is 4.45. The Labute approximate surface area is 185 Å².